The van der Waals surface area contributed by atoms with Crippen molar-refractivity contribution in [2.24, 2.45) is 0 Å². The number of hydrogen-bond acceptors (Lipinski definition) is 3. The Morgan fingerprint density at radius 1 is 1.00 bits per heavy atom. The number of ketones is 1. The van der Waals surface area contributed by atoms with Crippen LogP contribution in [-0.4, -0.2) is 16.8 Å². The molecule has 152 valence electrons. The summed E-state index contributed by atoms with van der Waals surface area (Å²) in [7, 11) is 0. The smallest absolute Gasteiger partial charge is 0.264 e. The number of amides is 1. The van der Waals surface area contributed by atoms with Crippen molar-refractivity contribution in [2.75, 3.05) is 4.90 Å². The van der Waals surface area contributed by atoms with Crippen molar-refractivity contribution in [1.82, 2.24) is 0 Å². The normalized spacial score (nSPS) is 17.9. The quantitative estimate of drug-likeness (QED) is 0.449. The summed E-state index contributed by atoms with van der Waals surface area (Å²) >= 11 is 15.9. The summed E-state index contributed by atoms with van der Waals surface area (Å²) in [5.74, 6) is -0.914. The van der Waals surface area contributed by atoms with E-state index < -0.39 is 11.5 Å². The minimum Gasteiger partial charge on any atom is -0.375 e. The zero-order chi connectivity index (χ0) is 21.5. The van der Waals surface area contributed by atoms with Crippen LogP contribution in [0, 0.1) is 0 Å². The second kappa shape index (κ2) is 8.16. The van der Waals surface area contributed by atoms with E-state index in [1.54, 1.807) is 66.7 Å². The van der Waals surface area contributed by atoms with Crippen molar-refractivity contribution in [3.8, 4) is 0 Å². The van der Waals surface area contributed by atoms with Crippen LogP contribution in [0.2, 0.25) is 10.0 Å². The van der Waals surface area contributed by atoms with Crippen LogP contribution in [0.25, 0.3) is 0 Å². The van der Waals surface area contributed by atoms with E-state index >= 15 is 0 Å². The van der Waals surface area contributed by atoms with E-state index in [0.717, 1.165) is 4.47 Å². The number of benzene rings is 3. The third-order valence-corrected chi connectivity index (χ3v) is 6.38. The first-order valence-corrected chi connectivity index (χ1v) is 10.7. The Balaban J connectivity index is 1.71. The fourth-order valence-electron chi connectivity index (χ4n) is 3.67. The van der Waals surface area contributed by atoms with Gasteiger partial charge in [-0.05, 0) is 30.3 Å². The molecule has 0 saturated carbocycles. The van der Waals surface area contributed by atoms with Gasteiger partial charge in [-0.15, -0.1) is 0 Å². The molecule has 7 heteroatoms. The molecule has 3 aromatic rings. The highest BCUT2D eigenvalue weighted by molar-refractivity contribution is 9.10. The van der Waals surface area contributed by atoms with Crippen LogP contribution in [-0.2, 0) is 16.9 Å². The molecule has 4 rings (SSSR count). The number of carbonyl (C=O) groups excluding carboxylic acids is 2. The molecule has 0 fully saturated rings. The first kappa shape index (κ1) is 21.1. The number of hydrogen-bond donors (Lipinski definition) is 1. The molecule has 0 saturated heterocycles. The van der Waals surface area contributed by atoms with Gasteiger partial charge in [-0.2, -0.15) is 0 Å². The van der Waals surface area contributed by atoms with Crippen molar-refractivity contribution >= 4 is 56.5 Å². The maximum absolute atomic E-state index is 13.4. The molecular weight excluding hydrogens is 489 g/mol. The van der Waals surface area contributed by atoms with Gasteiger partial charge >= 0.3 is 0 Å². The van der Waals surface area contributed by atoms with E-state index in [2.05, 4.69) is 15.9 Å². The monoisotopic (exact) mass is 503 g/mol. The SMILES string of the molecule is O=C(CC1(O)C(=O)N(Cc2c(Cl)cccc2Cl)c2ccccc21)c1cccc(Br)c1. The Bertz CT molecular complexity index is 1150. The topological polar surface area (TPSA) is 57.6 Å². The minimum atomic E-state index is -1.97. The second-order valence-corrected chi connectivity index (χ2v) is 8.81. The molecule has 1 amide bonds. The standard InChI is InChI=1S/C23H16BrCl2NO3/c24-15-6-3-5-14(11-15)21(28)12-23(30)17-7-1-2-10-20(17)27(22(23)29)13-16-18(25)8-4-9-19(16)26/h1-11,30H,12-13H2. The molecule has 1 N–H and O–H groups in total. The molecule has 0 spiro atoms. The highest BCUT2D eigenvalue weighted by atomic mass is 79.9. The third kappa shape index (κ3) is 3.67. The van der Waals surface area contributed by atoms with Crippen molar-refractivity contribution in [3.63, 3.8) is 0 Å². The van der Waals surface area contributed by atoms with Crippen LogP contribution in [0.15, 0.2) is 71.2 Å². The van der Waals surface area contributed by atoms with Crippen LogP contribution in [0.1, 0.15) is 27.9 Å². The summed E-state index contributed by atoms with van der Waals surface area (Å²) in [5.41, 5.74) is -0.0595. The van der Waals surface area contributed by atoms with Gasteiger partial charge in [0.1, 0.15) is 0 Å². The Morgan fingerprint density at radius 3 is 2.37 bits per heavy atom. The molecular formula is C23H16BrCl2NO3. The molecule has 0 bridgehead atoms. The molecule has 0 aromatic heterocycles. The highest BCUT2D eigenvalue weighted by Gasteiger charge is 2.50. The van der Waals surface area contributed by atoms with Gasteiger partial charge in [-0.3, -0.25) is 9.59 Å². The van der Waals surface area contributed by atoms with Gasteiger partial charge in [-0.1, -0.05) is 75.5 Å². The number of nitrogens with zero attached hydrogens (tertiary/aromatic N) is 1. The fourth-order valence-corrected chi connectivity index (χ4v) is 4.59. The summed E-state index contributed by atoms with van der Waals surface area (Å²) in [6.45, 7) is 0.0851. The second-order valence-electron chi connectivity index (χ2n) is 7.08. The maximum atomic E-state index is 13.4. The van der Waals surface area contributed by atoms with E-state index in [9.17, 15) is 14.7 Å². The molecule has 1 heterocycles. The lowest BCUT2D eigenvalue weighted by atomic mass is 9.88. The molecule has 1 atom stereocenters. The first-order chi connectivity index (χ1) is 14.3. The van der Waals surface area contributed by atoms with Crippen molar-refractivity contribution in [1.29, 1.82) is 0 Å². The largest absolute Gasteiger partial charge is 0.375 e. The average Bonchev–Trinajstić information content (AvgIpc) is 2.92. The number of halogens is 3. The van der Waals surface area contributed by atoms with Crippen LogP contribution >= 0.6 is 39.1 Å². The van der Waals surface area contributed by atoms with Crippen LogP contribution in [0.4, 0.5) is 5.69 Å². The lowest BCUT2D eigenvalue weighted by molar-refractivity contribution is -0.136. The molecule has 1 unspecified atom stereocenters. The number of anilines is 1. The molecule has 1 aliphatic rings. The summed E-state index contributed by atoms with van der Waals surface area (Å²) in [6.07, 6.45) is -0.369. The zero-order valence-corrected chi connectivity index (χ0v) is 18.7. The summed E-state index contributed by atoms with van der Waals surface area (Å²) in [6, 6.07) is 18.9. The van der Waals surface area contributed by atoms with Crippen LogP contribution < -0.4 is 4.90 Å². The number of aliphatic hydroxyl groups is 1. The maximum Gasteiger partial charge on any atom is 0.264 e. The van der Waals surface area contributed by atoms with Gasteiger partial charge in [0.15, 0.2) is 11.4 Å². The highest BCUT2D eigenvalue weighted by Crippen LogP contribution is 2.44. The van der Waals surface area contributed by atoms with E-state index in [1.165, 1.54) is 4.90 Å². The predicted molar refractivity (Wildman–Crippen MR) is 121 cm³/mol. The van der Waals surface area contributed by atoms with E-state index in [1.807, 2.05) is 0 Å². The Morgan fingerprint density at radius 2 is 1.67 bits per heavy atom. The summed E-state index contributed by atoms with van der Waals surface area (Å²) in [5, 5.41) is 12.3. The van der Waals surface area contributed by atoms with Crippen LogP contribution in [0.5, 0.6) is 0 Å². The lowest BCUT2D eigenvalue weighted by Crippen LogP contribution is -2.41. The number of fused-ring (bicyclic) bond motifs is 1. The molecule has 0 radical (unpaired) electrons. The van der Waals surface area contributed by atoms with Crippen molar-refractivity contribution in [2.45, 2.75) is 18.6 Å². The van der Waals surface area contributed by atoms with Gasteiger partial charge in [0.2, 0.25) is 0 Å². The minimum absolute atomic E-state index is 0.0851. The van der Waals surface area contributed by atoms with Gasteiger partial charge in [0.05, 0.1) is 18.7 Å². The summed E-state index contributed by atoms with van der Waals surface area (Å²) in [4.78, 5) is 27.7. The summed E-state index contributed by atoms with van der Waals surface area (Å²) < 4.78 is 0.744. The molecule has 3 aromatic carbocycles. The van der Waals surface area contributed by atoms with Gasteiger partial charge in [0, 0.05) is 31.2 Å². The predicted octanol–water partition coefficient (Wildman–Crippen LogP) is 5.76. The molecule has 1 aliphatic heterocycles. The third-order valence-electron chi connectivity index (χ3n) is 5.18. The van der Waals surface area contributed by atoms with Crippen LogP contribution in [0.3, 0.4) is 0 Å². The first-order valence-electron chi connectivity index (χ1n) is 9.17. The Hall–Kier alpha value is -2.18. The fraction of sp³-hybridized carbons (Fsp3) is 0.130. The van der Waals surface area contributed by atoms with Gasteiger partial charge < -0.3 is 10.0 Å². The van der Waals surface area contributed by atoms with Crippen molar-refractivity contribution in [3.05, 3.63) is 97.9 Å². The molecule has 30 heavy (non-hydrogen) atoms. The number of para-hydroxylation sites is 1. The Labute approximate surface area is 192 Å². The van der Waals surface area contributed by atoms with E-state index in [-0.39, 0.29) is 18.7 Å². The van der Waals surface area contributed by atoms with Crippen molar-refractivity contribution < 1.29 is 14.7 Å². The lowest BCUT2D eigenvalue weighted by Gasteiger charge is -2.23. The molecule has 4 nitrogen and oxygen atoms in total. The number of Topliss-reactive ketones (excluding diaryl/α,β-unsaturated/α-hetero) is 1. The molecule has 0 aliphatic carbocycles. The number of rotatable bonds is 5. The van der Waals surface area contributed by atoms with Gasteiger partial charge in [0.25, 0.3) is 5.91 Å². The van der Waals surface area contributed by atoms with E-state index in [4.69, 9.17) is 23.2 Å². The van der Waals surface area contributed by atoms with E-state index in [0.29, 0.717) is 32.4 Å². The van der Waals surface area contributed by atoms with Gasteiger partial charge in [-0.25, -0.2) is 0 Å². The number of carbonyl (C=O) groups is 2. The zero-order valence-electron chi connectivity index (χ0n) is 15.6. The average molecular weight is 505 g/mol. The Kier molecular flexibility index (Phi) is 5.73.